The molecule has 1 aromatic carbocycles. The van der Waals surface area contributed by atoms with E-state index in [0.717, 1.165) is 5.56 Å². The van der Waals surface area contributed by atoms with Crippen molar-refractivity contribution >= 4 is 34.8 Å². The van der Waals surface area contributed by atoms with Crippen LogP contribution in [0.2, 0.25) is 10.0 Å². The molecule has 6 nitrogen and oxygen atoms in total. The molecule has 0 unspecified atom stereocenters. The molecule has 0 radical (unpaired) electrons. The van der Waals surface area contributed by atoms with Crippen LogP contribution in [0, 0.1) is 6.92 Å². The molecule has 106 valence electrons. The monoisotopic (exact) mass is 313 g/mol. The van der Waals surface area contributed by atoms with Gasteiger partial charge in [0, 0.05) is 11.6 Å². The van der Waals surface area contributed by atoms with Crippen LogP contribution in [0.4, 0.5) is 5.69 Å². The SMILES string of the molecule is Cc1cc(Cl)c(NC(=O)c2cn(CCN)nn2)cc1Cl. The summed E-state index contributed by atoms with van der Waals surface area (Å²) in [4.78, 5) is 12.0. The van der Waals surface area contributed by atoms with Gasteiger partial charge in [0.2, 0.25) is 0 Å². The molecule has 1 heterocycles. The highest BCUT2D eigenvalue weighted by Gasteiger charge is 2.13. The van der Waals surface area contributed by atoms with Gasteiger partial charge in [-0.15, -0.1) is 5.10 Å². The fourth-order valence-corrected chi connectivity index (χ4v) is 2.00. The third kappa shape index (κ3) is 3.27. The van der Waals surface area contributed by atoms with Gasteiger partial charge < -0.3 is 11.1 Å². The zero-order chi connectivity index (χ0) is 14.7. The quantitative estimate of drug-likeness (QED) is 0.905. The number of hydrogen-bond acceptors (Lipinski definition) is 4. The lowest BCUT2D eigenvalue weighted by molar-refractivity contribution is 0.102. The Bertz CT molecular complexity index is 641. The lowest BCUT2D eigenvalue weighted by Gasteiger charge is -2.07. The first-order chi connectivity index (χ1) is 9.51. The summed E-state index contributed by atoms with van der Waals surface area (Å²) in [5.41, 5.74) is 6.85. The second-order valence-corrected chi connectivity index (χ2v) is 5.01. The third-order valence-electron chi connectivity index (χ3n) is 2.63. The van der Waals surface area contributed by atoms with Crippen LogP contribution >= 0.6 is 23.2 Å². The summed E-state index contributed by atoms with van der Waals surface area (Å²) in [6.07, 6.45) is 1.52. The van der Waals surface area contributed by atoms with Crippen molar-refractivity contribution < 1.29 is 4.79 Å². The Morgan fingerprint density at radius 1 is 1.40 bits per heavy atom. The van der Waals surface area contributed by atoms with E-state index >= 15 is 0 Å². The van der Waals surface area contributed by atoms with Crippen LogP contribution in [0.3, 0.4) is 0 Å². The molecular formula is C12H13Cl2N5O. The number of nitrogens with zero attached hydrogens (tertiary/aromatic N) is 3. The van der Waals surface area contributed by atoms with E-state index < -0.39 is 5.91 Å². The van der Waals surface area contributed by atoms with Crippen LogP contribution in [-0.4, -0.2) is 27.4 Å². The maximum absolute atomic E-state index is 12.0. The zero-order valence-electron chi connectivity index (χ0n) is 10.7. The number of aryl methyl sites for hydroxylation is 1. The molecule has 0 aliphatic rings. The number of hydrogen-bond donors (Lipinski definition) is 2. The Morgan fingerprint density at radius 2 is 2.15 bits per heavy atom. The van der Waals surface area contributed by atoms with Gasteiger partial charge in [0.05, 0.1) is 23.5 Å². The highest BCUT2D eigenvalue weighted by atomic mass is 35.5. The van der Waals surface area contributed by atoms with E-state index in [4.69, 9.17) is 28.9 Å². The lowest BCUT2D eigenvalue weighted by atomic mass is 10.2. The van der Waals surface area contributed by atoms with Crippen LogP contribution < -0.4 is 11.1 Å². The second-order valence-electron chi connectivity index (χ2n) is 4.19. The van der Waals surface area contributed by atoms with Crippen LogP contribution in [0.1, 0.15) is 16.1 Å². The van der Waals surface area contributed by atoms with Crippen LogP contribution in [-0.2, 0) is 6.54 Å². The predicted molar refractivity (Wildman–Crippen MR) is 78.2 cm³/mol. The van der Waals surface area contributed by atoms with Crippen LogP contribution in [0.15, 0.2) is 18.3 Å². The summed E-state index contributed by atoms with van der Waals surface area (Å²) in [7, 11) is 0. The Kier molecular flexibility index (Phi) is 4.59. The van der Waals surface area contributed by atoms with Crippen molar-refractivity contribution in [3.63, 3.8) is 0 Å². The molecule has 0 spiro atoms. The van der Waals surface area contributed by atoms with Crippen molar-refractivity contribution in [3.8, 4) is 0 Å². The van der Waals surface area contributed by atoms with Crippen molar-refractivity contribution in [2.45, 2.75) is 13.5 Å². The van der Waals surface area contributed by atoms with E-state index in [1.807, 2.05) is 6.92 Å². The standard InChI is InChI=1S/C12H13Cl2N5O/c1-7-4-9(14)10(5-8(7)13)16-12(20)11-6-19(3-2-15)18-17-11/h4-6H,2-3,15H2,1H3,(H,16,20). The fourth-order valence-electron chi connectivity index (χ4n) is 1.57. The van der Waals surface area contributed by atoms with E-state index in [1.54, 1.807) is 12.1 Å². The normalized spacial score (nSPS) is 10.6. The minimum Gasteiger partial charge on any atom is -0.329 e. The summed E-state index contributed by atoms with van der Waals surface area (Å²) in [5.74, 6) is -0.407. The number of anilines is 1. The van der Waals surface area contributed by atoms with Gasteiger partial charge in [-0.05, 0) is 24.6 Å². The molecule has 0 atom stereocenters. The zero-order valence-corrected chi connectivity index (χ0v) is 12.2. The van der Waals surface area contributed by atoms with Crippen LogP contribution in [0.25, 0.3) is 0 Å². The van der Waals surface area contributed by atoms with Gasteiger partial charge >= 0.3 is 0 Å². The first-order valence-corrected chi connectivity index (χ1v) is 6.64. The molecule has 2 aromatic rings. The third-order valence-corrected chi connectivity index (χ3v) is 3.35. The van der Waals surface area contributed by atoms with Gasteiger partial charge in [0.25, 0.3) is 5.91 Å². The maximum atomic E-state index is 12.0. The number of nitrogens with two attached hydrogens (primary N) is 1. The van der Waals surface area contributed by atoms with Crippen LogP contribution in [0.5, 0.6) is 0 Å². The van der Waals surface area contributed by atoms with Gasteiger partial charge in [-0.1, -0.05) is 28.4 Å². The molecule has 0 saturated heterocycles. The first-order valence-electron chi connectivity index (χ1n) is 5.88. The molecule has 8 heteroatoms. The molecule has 3 N–H and O–H groups in total. The molecule has 0 aliphatic heterocycles. The highest BCUT2D eigenvalue weighted by Crippen LogP contribution is 2.28. The number of carbonyl (C=O) groups excluding carboxylic acids is 1. The van der Waals surface area contributed by atoms with Gasteiger partial charge in [-0.3, -0.25) is 9.48 Å². The van der Waals surface area contributed by atoms with E-state index in [2.05, 4.69) is 15.6 Å². The Hall–Kier alpha value is -1.63. The van der Waals surface area contributed by atoms with Gasteiger partial charge in [0.15, 0.2) is 5.69 Å². The predicted octanol–water partition coefficient (Wildman–Crippen LogP) is 2.10. The minimum absolute atomic E-state index is 0.186. The van der Waals surface area contributed by atoms with Gasteiger partial charge in [-0.2, -0.15) is 0 Å². The first kappa shape index (κ1) is 14.8. The molecule has 0 aliphatic carbocycles. The lowest BCUT2D eigenvalue weighted by Crippen LogP contribution is -2.13. The highest BCUT2D eigenvalue weighted by molar-refractivity contribution is 6.36. The van der Waals surface area contributed by atoms with Crippen molar-refractivity contribution in [2.24, 2.45) is 5.73 Å². The number of carbonyl (C=O) groups is 1. The topological polar surface area (TPSA) is 85.8 Å². The van der Waals surface area contributed by atoms with E-state index in [-0.39, 0.29) is 5.69 Å². The van der Waals surface area contributed by atoms with Crippen molar-refractivity contribution in [1.82, 2.24) is 15.0 Å². The summed E-state index contributed by atoms with van der Waals surface area (Å²) in [5, 5.41) is 11.1. The Morgan fingerprint density at radius 3 is 2.85 bits per heavy atom. The minimum atomic E-state index is -0.407. The number of aromatic nitrogens is 3. The molecule has 20 heavy (non-hydrogen) atoms. The Balaban J connectivity index is 2.16. The molecule has 0 bridgehead atoms. The van der Waals surface area contributed by atoms with Gasteiger partial charge in [0.1, 0.15) is 0 Å². The summed E-state index contributed by atoms with van der Waals surface area (Å²) in [6.45, 7) is 2.75. The van der Waals surface area contributed by atoms with Gasteiger partial charge in [-0.25, -0.2) is 0 Å². The number of benzene rings is 1. The summed E-state index contributed by atoms with van der Waals surface area (Å²) < 4.78 is 1.50. The van der Waals surface area contributed by atoms with Crippen molar-refractivity contribution in [2.75, 3.05) is 11.9 Å². The molecule has 1 amide bonds. The smallest absolute Gasteiger partial charge is 0.277 e. The average Bonchev–Trinajstić information content (AvgIpc) is 2.85. The van der Waals surface area contributed by atoms with E-state index in [0.29, 0.717) is 28.8 Å². The summed E-state index contributed by atoms with van der Waals surface area (Å²) in [6, 6.07) is 3.28. The summed E-state index contributed by atoms with van der Waals surface area (Å²) >= 11 is 12.1. The average molecular weight is 314 g/mol. The molecule has 2 rings (SSSR count). The number of rotatable bonds is 4. The second kappa shape index (κ2) is 6.21. The maximum Gasteiger partial charge on any atom is 0.277 e. The molecular weight excluding hydrogens is 301 g/mol. The van der Waals surface area contributed by atoms with E-state index in [9.17, 15) is 4.79 Å². The van der Waals surface area contributed by atoms with Crippen molar-refractivity contribution in [1.29, 1.82) is 0 Å². The molecule has 0 fully saturated rings. The fraction of sp³-hybridized carbons (Fsp3) is 0.250. The molecule has 1 aromatic heterocycles. The van der Waals surface area contributed by atoms with E-state index in [1.165, 1.54) is 10.9 Å². The molecule has 0 saturated carbocycles. The number of halogens is 2. The largest absolute Gasteiger partial charge is 0.329 e. The number of nitrogens with one attached hydrogen (secondary N) is 1. The Labute approximate surface area is 125 Å². The van der Waals surface area contributed by atoms with Crippen molar-refractivity contribution in [3.05, 3.63) is 39.6 Å². The number of amides is 1.